The Kier molecular flexibility index (Phi) is 5.79. The number of hydrogen-bond acceptors (Lipinski definition) is 6. The summed E-state index contributed by atoms with van der Waals surface area (Å²) in [5, 5.41) is 7.19. The first kappa shape index (κ1) is 20.0. The van der Waals surface area contributed by atoms with Crippen LogP contribution in [0.15, 0.2) is 79.1 Å². The minimum absolute atomic E-state index is 0.144. The van der Waals surface area contributed by atoms with Crippen LogP contribution in [0.25, 0.3) is 5.69 Å². The van der Waals surface area contributed by atoms with Gasteiger partial charge in [-0.3, -0.25) is 4.79 Å². The third kappa shape index (κ3) is 4.48. The van der Waals surface area contributed by atoms with E-state index in [4.69, 9.17) is 14.2 Å². The van der Waals surface area contributed by atoms with Gasteiger partial charge in [0.05, 0.1) is 26.1 Å². The van der Waals surface area contributed by atoms with Gasteiger partial charge in [0.25, 0.3) is 5.91 Å². The molecule has 0 radical (unpaired) electrons. The molecule has 8 nitrogen and oxygen atoms in total. The smallest absolute Gasteiger partial charge is 0.280 e. The lowest BCUT2D eigenvalue weighted by Gasteiger charge is -2.11. The molecular formula is C23H20N4O4. The molecule has 31 heavy (non-hydrogen) atoms. The van der Waals surface area contributed by atoms with Gasteiger partial charge in [0.15, 0.2) is 11.4 Å². The number of hydrogen-bond donors (Lipinski definition) is 1. The van der Waals surface area contributed by atoms with Crippen molar-refractivity contribution >= 4 is 11.6 Å². The molecule has 0 saturated carbocycles. The second kappa shape index (κ2) is 9.00. The van der Waals surface area contributed by atoms with Crippen LogP contribution in [0.3, 0.4) is 0 Å². The van der Waals surface area contributed by atoms with Crippen molar-refractivity contribution in [3.05, 3.63) is 84.8 Å². The minimum atomic E-state index is -0.445. The molecule has 8 heteroatoms. The molecule has 4 rings (SSSR count). The molecule has 1 N–H and O–H groups in total. The average Bonchev–Trinajstić information content (AvgIpc) is 3.26. The Labute approximate surface area is 179 Å². The zero-order valence-electron chi connectivity index (χ0n) is 17.0. The third-order valence-corrected chi connectivity index (χ3v) is 4.43. The highest BCUT2D eigenvalue weighted by molar-refractivity contribution is 6.05. The first-order valence-corrected chi connectivity index (χ1v) is 9.45. The predicted octanol–water partition coefficient (Wildman–Crippen LogP) is 4.33. The van der Waals surface area contributed by atoms with E-state index < -0.39 is 5.91 Å². The van der Waals surface area contributed by atoms with Crippen molar-refractivity contribution < 1.29 is 19.0 Å². The van der Waals surface area contributed by atoms with E-state index in [0.29, 0.717) is 22.9 Å². The normalized spacial score (nSPS) is 10.4. The van der Waals surface area contributed by atoms with Crippen LogP contribution in [0.1, 0.15) is 10.5 Å². The van der Waals surface area contributed by atoms with Gasteiger partial charge in [-0.15, -0.1) is 0 Å². The molecule has 0 bridgehead atoms. The van der Waals surface area contributed by atoms with Crippen LogP contribution in [0.5, 0.6) is 23.1 Å². The summed E-state index contributed by atoms with van der Waals surface area (Å²) >= 11 is 0. The van der Waals surface area contributed by atoms with Gasteiger partial charge in [-0.1, -0.05) is 18.2 Å². The number of nitrogens with zero attached hydrogens (tertiary/aromatic N) is 3. The Balaban J connectivity index is 1.57. The zero-order chi connectivity index (χ0) is 21.6. The van der Waals surface area contributed by atoms with E-state index in [1.54, 1.807) is 60.6 Å². The number of pyridine rings is 1. The van der Waals surface area contributed by atoms with Gasteiger partial charge >= 0.3 is 0 Å². The van der Waals surface area contributed by atoms with Crippen LogP contribution >= 0.6 is 0 Å². The molecule has 0 fully saturated rings. The fourth-order valence-corrected chi connectivity index (χ4v) is 2.88. The van der Waals surface area contributed by atoms with E-state index in [0.717, 1.165) is 5.69 Å². The van der Waals surface area contributed by atoms with Gasteiger partial charge in [-0.2, -0.15) is 5.10 Å². The Morgan fingerprint density at radius 1 is 0.903 bits per heavy atom. The summed E-state index contributed by atoms with van der Waals surface area (Å²) in [4.78, 5) is 17.2. The summed E-state index contributed by atoms with van der Waals surface area (Å²) < 4.78 is 17.9. The maximum Gasteiger partial charge on any atom is 0.280 e. The quantitative estimate of drug-likeness (QED) is 0.483. The second-order valence-electron chi connectivity index (χ2n) is 6.41. The summed E-state index contributed by atoms with van der Waals surface area (Å²) in [7, 11) is 3.08. The molecule has 2 aromatic carbocycles. The van der Waals surface area contributed by atoms with Gasteiger partial charge in [-0.05, 0) is 48.5 Å². The van der Waals surface area contributed by atoms with Gasteiger partial charge in [0, 0.05) is 6.20 Å². The number of anilines is 1. The number of nitrogens with one attached hydrogen (secondary N) is 1. The van der Waals surface area contributed by atoms with Crippen molar-refractivity contribution in [1.82, 2.24) is 14.8 Å². The summed E-state index contributed by atoms with van der Waals surface area (Å²) in [6.45, 7) is 0. The fraction of sp³-hybridized carbons (Fsp3) is 0.0870. The maximum atomic E-state index is 13.0. The van der Waals surface area contributed by atoms with E-state index in [-0.39, 0.29) is 11.6 Å². The van der Waals surface area contributed by atoms with E-state index >= 15 is 0 Å². The lowest BCUT2D eigenvalue weighted by atomic mass is 10.3. The highest BCUT2D eigenvalue weighted by Crippen LogP contribution is 2.29. The summed E-state index contributed by atoms with van der Waals surface area (Å²) in [5.41, 5.74) is 1.36. The number of carbonyl (C=O) groups excluding carboxylic acids is 1. The van der Waals surface area contributed by atoms with Crippen LogP contribution in [-0.2, 0) is 0 Å². The molecular weight excluding hydrogens is 396 g/mol. The van der Waals surface area contributed by atoms with Crippen LogP contribution < -0.4 is 19.5 Å². The lowest BCUT2D eigenvalue weighted by Crippen LogP contribution is -2.15. The Hall–Kier alpha value is -4.33. The van der Waals surface area contributed by atoms with Gasteiger partial charge in [0.2, 0.25) is 5.88 Å². The number of benzene rings is 2. The molecule has 0 saturated heterocycles. The molecule has 0 aliphatic rings. The Morgan fingerprint density at radius 2 is 1.65 bits per heavy atom. The predicted molar refractivity (Wildman–Crippen MR) is 115 cm³/mol. The third-order valence-electron chi connectivity index (χ3n) is 4.43. The molecule has 0 aliphatic carbocycles. The number of aromatic nitrogens is 3. The number of ether oxygens (including phenoxy) is 3. The Bertz CT molecular complexity index is 1170. The largest absolute Gasteiger partial charge is 0.497 e. The van der Waals surface area contributed by atoms with Crippen molar-refractivity contribution in [2.24, 2.45) is 0 Å². The van der Waals surface area contributed by atoms with Crippen LogP contribution in [0.2, 0.25) is 0 Å². The van der Waals surface area contributed by atoms with E-state index in [1.807, 2.05) is 30.3 Å². The van der Waals surface area contributed by atoms with Crippen molar-refractivity contribution in [2.45, 2.75) is 0 Å². The highest BCUT2D eigenvalue weighted by atomic mass is 16.5. The summed E-state index contributed by atoms with van der Waals surface area (Å²) in [6.07, 6.45) is 3.24. The topological polar surface area (TPSA) is 87.5 Å². The van der Waals surface area contributed by atoms with E-state index in [1.165, 1.54) is 7.11 Å². The highest BCUT2D eigenvalue weighted by Gasteiger charge is 2.20. The SMILES string of the molecule is COc1ccc(Oc2ncccc2NC(=O)c2nn(-c3ccccc3)cc2OC)cc1. The molecule has 0 aliphatic heterocycles. The molecule has 0 atom stereocenters. The monoisotopic (exact) mass is 416 g/mol. The van der Waals surface area contributed by atoms with Crippen molar-refractivity contribution in [1.29, 1.82) is 0 Å². The number of carbonyl (C=O) groups is 1. The number of methoxy groups -OCH3 is 2. The van der Waals surface area contributed by atoms with Crippen molar-refractivity contribution in [3.8, 4) is 28.8 Å². The van der Waals surface area contributed by atoms with E-state index in [9.17, 15) is 4.79 Å². The molecule has 156 valence electrons. The number of amides is 1. The molecule has 2 heterocycles. The molecule has 1 amide bonds. The number of para-hydroxylation sites is 1. The lowest BCUT2D eigenvalue weighted by molar-refractivity contribution is 0.101. The molecule has 4 aromatic rings. The fourth-order valence-electron chi connectivity index (χ4n) is 2.88. The number of rotatable bonds is 7. The van der Waals surface area contributed by atoms with Crippen LogP contribution in [-0.4, -0.2) is 34.9 Å². The zero-order valence-corrected chi connectivity index (χ0v) is 17.0. The van der Waals surface area contributed by atoms with Crippen LogP contribution in [0.4, 0.5) is 5.69 Å². The van der Waals surface area contributed by atoms with Crippen molar-refractivity contribution in [2.75, 3.05) is 19.5 Å². The average molecular weight is 416 g/mol. The maximum absolute atomic E-state index is 13.0. The van der Waals surface area contributed by atoms with Crippen LogP contribution in [0, 0.1) is 0 Å². The van der Waals surface area contributed by atoms with E-state index in [2.05, 4.69) is 15.4 Å². The minimum Gasteiger partial charge on any atom is -0.497 e. The first-order valence-electron chi connectivity index (χ1n) is 9.45. The molecule has 0 unspecified atom stereocenters. The molecule has 0 spiro atoms. The standard InChI is InChI=1S/C23H20N4O4/c1-29-17-10-12-18(13-11-17)31-23-19(9-6-14-24-23)25-22(28)21-20(30-2)15-27(26-21)16-7-4-3-5-8-16/h3-15H,1-2H3,(H,25,28). The van der Waals surface area contributed by atoms with Crippen molar-refractivity contribution in [3.63, 3.8) is 0 Å². The summed E-state index contributed by atoms with van der Waals surface area (Å²) in [5.74, 6) is 1.42. The summed E-state index contributed by atoms with van der Waals surface area (Å²) in [6, 6.07) is 19.9. The van der Waals surface area contributed by atoms with Gasteiger partial charge < -0.3 is 19.5 Å². The molecule has 2 aromatic heterocycles. The Morgan fingerprint density at radius 3 is 2.35 bits per heavy atom. The second-order valence-corrected chi connectivity index (χ2v) is 6.41. The van der Waals surface area contributed by atoms with Gasteiger partial charge in [-0.25, -0.2) is 9.67 Å². The van der Waals surface area contributed by atoms with Gasteiger partial charge in [0.1, 0.15) is 17.2 Å². The first-order chi connectivity index (χ1) is 15.2.